The summed E-state index contributed by atoms with van der Waals surface area (Å²) in [7, 11) is 0. The van der Waals surface area contributed by atoms with Gasteiger partial charge in [0.25, 0.3) is 0 Å². The van der Waals surface area contributed by atoms with Crippen molar-refractivity contribution in [2.24, 2.45) is 4.99 Å². The minimum absolute atomic E-state index is 0.0758. The Morgan fingerprint density at radius 3 is 2.78 bits per heavy atom. The van der Waals surface area contributed by atoms with Gasteiger partial charge in [0.2, 0.25) is 5.29 Å². The molecule has 0 fully saturated rings. The van der Waals surface area contributed by atoms with Gasteiger partial charge in [-0.3, -0.25) is 5.21 Å². The van der Waals surface area contributed by atoms with Gasteiger partial charge >= 0.3 is 0 Å². The zero-order valence-corrected chi connectivity index (χ0v) is 5.97. The van der Waals surface area contributed by atoms with Crippen LogP contribution < -0.4 is 0 Å². The Hall–Kier alpha value is -0.0300. The molecule has 1 aliphatic heterocycles. The van der Waals surface area contributed by atoms with Crippen molar-refractivity contribution >= 4 is 28.7 Å². The highest BCUT2D eigenvalue weighted by atomic mass is 35.5. The first kappa shape index (κ1) is 7.08. The highest BCUT2D eigenvalue weighted by Gasteiger charge is 2.14. The van der Waals surface area contributed by atoms with Crippen molar-refractivity contribution in [3.05, 3.63) is 0 Å². The monoisotopic (exact) mass is 169 g/mol. The average molecular weight is 170 g/mol. The van der Waals surface area contributed by atoms with Gasteiger partial charge in [-0.2, -0.15) is 4.42 Å². The molecule has 4 nitrogen and oxygen atoms in total. The number of hydroxylamine groups is 2. The maximum atomic E-state index is 8.79. The molecule has 0 saturated heterocycles. The third kappa shape index (κ3) is 1.69. The van der Waals surface area contributed by atoms with E-state index in [0.29, 0.717) is 6.67 Å². The van der Waals surface area contributed by atoms with E-state index in [-0.39, 0.29) is 12.0 Å². The van der Waals surface area contributed by atoms with Crippen molar-refractivity contribution in [1.29, 1.82) is 0 Å². The molecule has 0 aromatic heterocycles. The lowest BCUT2D eigenvalue weighted by Crippen LogP contribution is -2.37. The Kier molecular flexibility index (Phi) is 2.13. The molecule has 0 spiro atoms. The summed E-state index contributed by atoms with van der Waals surface area (Å²) >= 11 is 10.8. The van der Waals surface area contributed by atoms with Crippen LogP contribution in [0.25, 0.3) is 0 Å². The summed E-state index contributed by atoms with van der Waals surface area (Å²) < 4.78 is 1.30. The fourth-order valence-corrected chi connectivity index (χ4v) is 0.727. The van der Waals surface area contributed by atoms with E-state index >= 15 is 0 Å². The van der Waals surface area contributed by atoms with E-state index in [0.717, 1.165) is 5.06 Å². The molecule has 0 aliphatic carbocycles. The second kappa shape index (κ2) is 2.70. The number of rotatable bonds is 0. The topological polar surface area (TPSA) is 39.1 Å². The smallest absolute Gasteiger partial charge is 0.220 e. The Balaban J connectivity index is 2.56. The van der Waals surface area contributed by atoms with Crippen LogP contribution in [0.15, 0.2) is 4.99 Å². The van der Waals surface area contributed by atoms with Crippen LogP contribution in [0.5, 0.6) is 0 Å². The van der Waals surface area contributed by atoms with E-state index in [1.54, 1.807) is 0 Å². The summed E-state index contributed by atoms with van der Waals surface area (Å²) in [6, 6.07) is 0. The standard InChI is InChI=1S/C3H5Cl2N3O/c4-3-6-1-7(5)2-8(3)9/h9H,1-2H2. The third-order valence-corrected chi connectivity index (χ3v) is 1.38. The summed E-state index contributed by atoms with van der Waals surface area (Å²) in [6.07, 6.45) is 0. The van der Waals surface area contributed by atoms with Crippen LogP contribution in [0.4, 0.5) is 0 Å². The maximum absolute atomic E-state index is 8.79. The van der Waals surface area contributed by atoms with Gasteiger partial charge in [-0.1, -0.05) is 0 Å². The Morgan fingerprint density at radius 2 is 2.33 bits per heavy atom. The van der Waals surface area contributed by atoms with Crippen LogP contribution in [-0.4, -0.2) is 33.3 Å². The second-order valence-corrected chi connectivity index (χ2v) is 2.39. The van der Waals surface area contributed by atoms with Crippen LogP contribution in [0.3, 0.4) is 0 Å². The molecular weight excluding hydrogens is 165 g/mol. The van der Waals surface area contributed by atoms with Crippen molar-refractivity contribution in [1.82, 2.24) is 9.48 Å². The Labute approximate surface area is 62.3 Å². The summed E-state index contributed by atoms with van der Waals surface area (Å²) in [4.78, 5) is 3.64. The summed E-state index contributed by atoms with van der Waals surface area (Å²) in [6.45, 7) is 0.501. The van der Waals surface area contributed by atoms with Crippen LogP contribution >= 0.6 is 23.4 Å². The first-order valence-electron chi connectivity index (χ1n) is 2.27. The molecule has 9 heavy (non-hydrogen) atoms. The number of halogens is 2. The lowest BCUT2D eigenvalue weighted by atomic mass is 10.8. The molecule has 0 bridgehead atoms. The van der Waals surface area contributed by atoms with Crippen molar-refractivity contribution in [2.45, 2.75) is 0 Å². The molecule has 0 unspecified atom stereocenters. The molecule has 0 saturated carbocycles. The summed E-state index contributed by atoms with van der Waals surface area (Å²) in [5.41, 5.74) is 0. The highest BCUT2D eigenvalue weighted by molar-refractivity contribution is 6.64. The molecule has 6 heteroatoms. The zero-order valence-electron chi connectivity index (χ0n) is 4.46. The molecule has 0 aromatic carbocycles. The Bertz CT molecular complexity index is 139. The Morgan fingerprint density at radius 1 is 1.67 bits per heavy atom. The summed E-state index contributed by atoms with van der Waals surface area (Å²) in [5, 5.41) is 9.63. The van der Waals surface area contributed by atoms with Crippen molar-refractivity contribution in [2.75, 3.05) is 13.3 Å². The van der Waals surface area contributed by atoms with Gasteiger partial charge in [0.1, 0.15) is 13.3 Å². The van der Waals surface area contributed by atoms with E-state index in [1.165, 1.54) is 4.42 Å². The molecule has 0 amide bonds. The van der Waals surface area contributed by atoms with Crippen molar-refractivity contribution in [3.63, 3.8) is 0 Å². The molecule has 1 rings (SSSR count). The second-order valence-electron chi connectivity index (χ2n) is 1.57. The third-order valence-electron chi connectivity index (χ3n) is 0.855. The molecule has 1 heterocycles. The largest absolute Gasteiger partial charge is 0.285 e. The SMILES string of the molecule is ON1CN(Cl)CN=C1Cl. The van der Waals surface area contributed by atoms with E-state index < -0.39 is 0 Å². The maximum Gasteiger partial charge on any atom is 0.220 e. The minimum Gasteiger partial charge on any atom is -0.285 e. The van der Waals surface area contributed by atoms with Gasteiger partial charge in [-0.25, -0.2) is 10.1 Å². The van der Waals surface area contributed by atoms with Gasteiger partial charge in [0.05, 0.1) is 0 Å². The number of hydrogen-bond donors (Lipinski definition) is 1. The summed E-state index contributed by atoms with van der Waals surface area (Å²) in [5.74, 6) is 0. The molecule has 0 radical (unpaired) electrons. The normalized spacial score (nSPS) is 22.1. The first-order chi connectivity index (χ1) is 4.20. The fraction of sp³-hybridized carbons (Fsp3) is 0.667. The lowest BCUT2D eigenvalue weighted by molar-refractivity contribution is -0.0431. The van der Waals surface area contributed by atoms with Crippen LogP contribution in [-0.2, 0) is 0 Å². The first-order valence-corrected chi connectivity index (χ1v) is 2.99. The van der Waals surface area contributed by atoms with Crippen LogP contribution in [0.2, 0.25) is 0 Å². The lowest BCUT2D eigenvalue weighted by Gasteiger charge is -2.23. The van der Waals surface area contributed by atoms with Crippen LogP contribution in [0.1, 0.15) is 0 Å². The predicted molar refractivity (Wildman–Crippen MR) is 34.3 cm³/mol. The van der Waals surface area contributed by atoms with E-state index in [2.05, 4.69) is 4.99 Å². The van der Waals surface area contributed by atoms with E-state index in [1.807, 2.05) is 0 Å². The van der Waals surface area contributed by atoms with Crippen LogP contribution in [0, 0.1) is 0 Å². The van der Waals surface area contributed by atoms with Gasteiger partial charge in [0.15, 0.2) is 0 Å². The zero-order chi connectivity index (χ0) is 6.85. The van der Waals surface area contributed by atoms with Crippen molar-refractivity contribution in [3.8, 4) is 0 Å². The average Bonchev–Trinajstić information content (AvgIpc) is 1.80. The highest BCUT2D eigenvalue weighted by Crippen LogP contribution is 2.05. The van der Waals surface area contributed by atoms with Gasteiger partial charge < -0.3 is 0 Å². The molecule has 0 atom stereocenters. The van der Waals surface area contributed by atoms with E-state index in [4.69, 9.17) is 28.6 Å². The number of aliphatic imine (C=N–C) groups is 1. The minimum atomic E-state index is 0.0758. The molecule has 0 aromatic rings. The van der Waals surface area contributed by atoms with Crippen molar-refractivity contribution < 1.29 is 5.21 Å². The predicted octanol–water partition coefficient (Wildman–Crippen LogP) is 0.657. The fourth-order valence-electron chi connectivity index (χ4n) is 0.465. The van der Waals surface area contributed by atoms with Gasteiger partial charge in [0, 0.05) is 0 Å². The number of amidine groups is 1. The number of nitrogens with zero attached hydrogens (tertiary/aromatic N) is 3. The molecule has 52 valence electrons. The van der Waals surface area contributed by atoms with Gasteiger partial charge in [-0.05, 0) is 23.4 Å². The quantitative estimate of drug-likeness (QED) is 0.428. The molecular formula is C3H5Cl2N3O. The van der Waals surface area contributed by atoms with E-state index in [9.17, 15) is 0 Å². The number of hydrogen-bond acceptors (Lipinski definition) is 4. The van der Waals surface area contributed by atoms with Gasteiger partial charge in [-0.15, -0.1) is 0 Å². The molecule has 1 N–H and O–H groups in total. The molecule has 1 aliphatic rings.